The van der Waals surface area contributed by atoms with Gasteiger partial charge >= 0.3 is 0 Å². The van der Waals surface area contributed by atoms with Crippen molar-refractivity contribution in [1.82, 2.24) is 0 Å². The van der Waals surface area contributed by atoms with E-state index in [2.05, 4.69) is 0 Å². The first-order valence-corrected chi connectivity index (χ1v) is 4.08. The summed E-state index contributed by atoms with van der Waals surface area (Å²) in [6.45, 7) is 0. The van der Waals surface area contributed by atoms with E-state index in [0.29, 0.717) is 0 Å². The molecular weight excluding hydrogens is 166 g/mol. The number of hydrogen-bond acceptors (Lipinski definition) is 3. The highest BCUT2D eigenvalue weighted by Gasteiger charge is 2.17. The van der Waals surface area contributed by atoms with Crippen molar-refractivity contribution >= 4 is 6.29 Å². The van der Waals surface area contributed by atoms with Crippen LogP contribution in [0, 0.1) is 0 Å². The van der Waals surface area contributed by atoms with Crippen molar-refractivity contribution in [3.05, 3.63) is 35.9 Å². The van der Waals surface area contributed by atoms with Crippen LogP contribution >= 0.6 is 0 Å². The van der Waals surface area contributed by atoms with Gasteiger partial charge in [-0.25, -0.2) is 0 Å². The van der Waals surface area contributed by atoms with Crippen molar-refractivity contribution < 1.29 is 9.53 Å². The van der Waals surface area contributed by atoms with Crippen molar-refractivity contribution in [2.24, 2.45) is 5.73 Å². The van der Waals surface area contributed by atoms with Crippen molar-refractivity contribution in [2.75, 3.05) is 7.11 Å². The summed E-state index contributed by atoms with van der Waals surface area (Å²) in [4.78, 5) is 10.5. The maximum atomic E-state index is 10.5. The highest BCUT2D eigenvalue weighted by molar-refractivity contribution is 5.58. The van der Waals surface area contributed by atoms with Gasteiger partial charge in [-0.3, -0.25) is 0 Å². The number of rotatable bonds is 4. The van der Waals surface area contributed by atoms with Crippen LogP contribution in [0.4, 0.5) is 0 Å². The zero-order valence-corrected chi connectivity index (χ0v) is 7.51. The highest BCUT2D eigenvalue weighted by Crippen LogP contribution is 2.14. The molecule has 1 rings (SSSR count). The first-order chi connectivity index (χ1) is 6.29. The van der Waals surface area contributed by atoms with Crippen LogP contribution in [0.1, 0.15) is 11.6 Å². The first kappa shape index (κ1) is 9.89. The lowest BCUT2D eigenvalue weighted by Gasteiger charge is -2.17. The van der Waals surface area contributed by atoms with Gasteiger partial charge in [0.25, 0.3) is 0 Å². The van der Waals surface area contributed by atoms with Crippen LogP contribution in [0.5, 0.6) is 0 Å². The van der Waals surface area contributed by atoms with Gasteiger partial charge in [-0.2, -0.15) is 0 Å². The Labute approximate surface area is 77.5 Å². The predicted molar refractivity (Wildman–Crippen MR) is 50.2 cm³/mol. The fourth-order valence-electron chi connectivity index (χ4n) is 1.15. The van der Waals surface area contributed by atoms with E-state index in [4.69, 9.17) is 10.5 Å². The number of methoxy groups -OCH3 is 1. The smallest absolute Gasteiger partial charge is 0.150 e. The summed E-state index contributed by atoms with van der Waals surface area (Å²) in [5.41, 5.74) is 6.71. The van der Waals surface area contributed by atoms with Crippen LogP contribution in [-0.4, -0.2) is 19.5 Å². The van der Waals surface area contributed by atoms with Crippen LogP contribution < -0.4 is 5.73 Å². The minimum Gasteiger partial charge on any atom is -0.372 e. The van der Waals surface area contributed by atoms with E-state index < -0.39 is 6.10 Å². The molecule has 0 aromatic heterocycles. The Morgan fingerprint density at radius 3 is 2.46 bits per heavy atom. The molecule has 0 aliphatic rings. The maximum absolute atomic E-state index is 10.5. The second-order valence-electron chi connectivity index (χ2n) is 2.77. The molecule has 13 heavy (non-hydrogen) atoms. The van der Waals surface area contributed by atoms with Crippen molar-refractivity contribution in [2.45, 2.75) is 12.1 Å². The number of carbonyl (C=O) groups excluding carboxylic acids is 1. The Morgan fingerprint density at radius 1 is 1.38 bits per heavy atom. The Morgan fingerprint density at radius 2 is 2.00 bits per heavy atom. The molecule has 1 aromatic carbocycles. The van der Waals surface area contributed by atoms with Gasteiger partial charge in [-0.1, -0.05) is 30.3 Å². The summed E-state index contributed by atoms with van der Waals surface area (Å²) in [5, 5.41) is 0. The zero-order chi connectivity index (χ0) is 9.68. The lowest BCUT2D eigenvalue weighted by Crippen LogP contribution is -2.29. The van der Waals surface area contributed by atoms with Crippen molar-refractivity contribution in [3.8, 4) is 0 Å². The molecular formula is C10H13NO2. The Hall–Kier alpha value is -1.19. The van der Waals surface area contributed by atoms with Gasteiger partial charge in [0.1, 0.15) is 6.10 Å². The molecule has 0 bridgehead atoms. The molecule has 0 amide bonds. The Bertz CT molecular complexity index is 261. The Kier molecular flexibility index (Phi) is 3.61. The average molecular weight is 179 g/mol. The molecule has 0 aliphatic carbocycles. The second-order valence-corrected chi connectivity index (χ2v) is 2.77. The minimum atomic E-state index is -0.567. The van der Waals surface area contributed by atoms with Crippen molar-refractivity contribution in [3.63, 3.8) is 0 Å². The van der Waals surface area contributed by atoms with Crippen LogP contribution in [0.3, 0.4) is 0 Å². The van der Waals surface area contributed by atoms with Crippen LogP contribution in [-0.2, 0) is 9.53 Å². The average Bonchev–Trinajstić information content (AvgIpc) is 2.21. The monoisotopic (exact) mass is 179 g/mol. The molecule has 0 saturated carbocycles. The van der Waals surface area contributed by atoms with Crippen molar-refractivity contribution in [1.29, 1.82) is 0 Å². The predicted octanol–water partition coefficient (Wildman–Crippen LogP) is 0.900. The summed E-state index contributed by atoms with van der Waals surface area (Å²) in [5.74, 6) is 0. The van der Waals surface area contributed by atoms with Gasteiger partial charge in [-0.05, 0) is 5.56 Å². The third kappa shape index (κ3) is 2.37. The highest BCUT2D eigenvalue weighted by atomic mass is 16.5. The zero-order valence-electron chi connectivity index (χ0n) is 7.51. The summed E-state index contributed by atoms with van der Waals surface area (Å²) in [6, 6.07) is 9.03. The van der Waals surface area contributed by atoms with Gasteiger partial charge in [0, 0.05) is 7.11 Å². The molecule has 70 valence electrons. The molecule has 0 fully saturated rings. The standard InChI is InChI=1S/C10H13NO2/c1-13-9(7-12)10(11)8-5-3-2-4-6-8/h2-7,9-10H,11H2,1H3. The molecule has 2 N–H and O–H groups in total. The minimum absolute atomic E-state index is 0.385. The number of carbonyl (C=O) groups is 1. The van der Waals surface area contributed by atoms with E-state index in [-0.39, 0.29) is 6.04 Å². The van der Waals surface area contributed by atoms with E-state index in [1.54, 1.807) is 0 Å². The second kappa shape index (κ2) is 4.74. The molecule has 0 aliphatic heterocycles. The fourth-order valence-corrected chi connectivity index (χ4v) is 1.15. The molecule has 3 nitrogen and oxygen atoms in total. The number of nitrogens with two attached hydrogens (primary N) is 1. The molecule has 0 spiro atoms. The van der Waals surface area contributed by atoms with E-state index >= 15 is 0 Å². The lowest BCUT2D eigenvalue weighted by molar-refractivity contribution is -0.117. The number of hydrogen-bond donors (Lipinski definition) is 1. The number of aldehydes is 1. The van der Waals surface area contributed by atoms with Gasteiger partial charge in [0.15, 0.2) is 6.29 Å². The van der Waals surface area contributed by atoms with Crippen LogP contribution in [0.2, 0.25) is 0 Å². The molecule has 0 heterocycles. The van der Waals surface area contributed by atoms with E-state index in [1.807, 2.05) is 30.3 Å². The third-order valence-electron chi connectivity index (χ3n) is 1.94. The SMILES string of the molecule is COC(C=O)C(N)c1ccccc1. The normalized spacial score (nSPS) is 14.9. The first-order valence-electron chi connectivity index (χ1n) is 4.08. The molecule has 2 unspecified atom stereocenters. The van der Waals surface area contributed by atoms with E-state index in [1.165, 1.54) is 7.11 Å². The van der Waals surface area contributed by atoms with E-state index in [9.17, 15) is 4.79 Å². The summed E-state index contributed by atoms with van der Waals surface area (Å²) in [7, 11) is 1.47. The summed E-state index contributed by atoms with van der Waals surface area (Å²) >= 11 is 0. The summed E-state index contributed by atoms with van der Waals surface area (Å²) < 4.78 is 4.92. The van der Waals surface area contributed by atoms with E-state index in [0.717, 1.165) is 11.8 Å². The molecule has 0 saturated heterocycles. The third-order valence-corrected chi connectivity index (χ3v) is 1.94. The molecule has 1 aromatic rings. The summed E-state index contributed by atoms with van der Waals surface area (Å²) in [6.07, 6.45) is 0.153. The quantitative estimate of drug-likeness (QED) is 0.699. The van der Waals surface area contributed by atoms with Gasteiger partial charge in [-0.15, -0.1) is 0 Å². The van der Waals surface area contributed by atoms with Gasteiger partial charge in [0.05, 0.1) is 6.04 Å². The molecule has 2 atom stereocenters. The largest absolute Gasteiger partial charge is 0.372 e. The maximum Gasteiger partial charge on any atom is 0.150 e. The van der Waals surface area contributed by atoms with Crippen LogP contribution in [0.15, 0.2) is 30.3 Å². The number of benzene rings is 1. The van der Waals surface area contributed by atoms with Crippen LogP contribution in [0.25, 0.3) is 0 Å². The topological polar surface area (TPSA) is 52.3 Å². The van der Waals surface area contributed by atoms with Gasteiger partial charge in [0.2, 0.25) is 0 Å². The van der Waals surface area contributed by atoms with Gasteiger partial charge < -0.3 is 15.3 Å². The fraction of sp³-hybridized carbons (Fsp3) is 0.300. The Balaban J connectivity index is 2.77. The molecule has 3 heteroatoms. The number of ether oxygens (including phenoxy) is 1. The lowest BCUT2D eigenvalue weighted by atomic mass is 10.0. The molecule has 0 radical (unpaired) electrons.